The zero-order chi connectivity index (χ0) is 20.3. The van der Waals surface area contributed by atoms with Crippen LogP contribution in [0.3, 0.4) is 0 Å². The predicted molar refractivity (Wildman–Crippen MR) is 122 cm³/mol. The molecule has 2 aromatic carbocycles. The molecule has 0 saturated carbocycles. The first-order valence-electron chi connectivity index (χ1n) is 10.8. The number of fused-ring (bicyclic) bond motifs is 1. The third-order valence-corrected chi connectivity index (χ3v) is 6.26. The lowest BCUT2D eigenvalue weighted by molar-refractivity contribution is 0.105. The highest BCUT2D eigenvalue weighted by Gasteiger charge is 2.29. The van der Waals surface area contributed by atoms with Crippen molar-refractivity contribution in [1.82, 2.24) is 19.8 Å². The van der Waals surface area contributed by atoms with E-state index < -0.39 is 0 Å². The zero-order valence-corrected chi connectivity index (χ0v) is 17.5. The van der Waals surface area contributed by atoms with Crippen LogP contribution >= 0.6 is 0 Å². The molecule has 1 aliphatic rings. The highest BCUT2D eigenvalue weighted by atomic mass is 15.3. The summed E-state index contributed by atoms with van der Waals surface area (Å²) >= 11 is 0. The first-order valence-corrected chi connectivity index (χ1v) is 10.8. The average molecular weight is 397 g/mol. The molecule has 0 unspecified atom stereocenters. The van der Waals surface area contributed by atoms with Crippen molar-refractivity contribution in [2.45, 2.75) is 19.5 Å². The standard InChI is InChI=1S/C26H28N4/c1-20-25(23-9-5-6-10-24(23)28-20)26(22-11-13-27-14-12-22)30-17-15-29(16-18-30)19-21-7-3-2-4-8-21/h2-14,26,28H,15-19H2,1H3/t26-/m0/s1. The highest BCUT2D eigenvalue weighted by molar-refractivity contribution is 5.85. The van der Waals surface area contributed by atoms with Crippen molar-refractivity contribution in [2.24, 2.45) is 0 Å². The lowest BCUT2D eigenvalue weighted by atomic mass is 9.94. The number of hydrogen-bond donors (Lipinski definition) is 1. The Labute approximate surface area is 178 Å². The number of aromatic nitrogens is 2. The van der Waals surface area contributed by atoms with Crippen molar-refractivity contribution >= 4 is 10.9 Å². The Morgan fingerprint density at radius 2 is 1.57 bits per heavy atom. The highest BCUT2D eigenvalue weighted by Crippen LogP contribution is 2.36. The molecule has 1 fully saturated rings. The molecule has 4 heteroatoms. The molecule has 152 valence electrons. The third kappa shape index (κ3) is 3.76. The molecule has 0 spiro atoms. The van der Waals surface area contributed by atoms with E-state index in [2.05, 4.69) is 93.4 Å². The maximum atomic E-state index is 4.26. The minimum absolute atomic E-state index is 0.239. The lowest BCUT2D eigenvalue weighted by Crippen LogP contribution is -2.47. The fourth-order valence-corrected chi connectivity index (χ4v) is 4.78. The Kier molecular flexibility index (Phi) is 5.35. The minimum Gasteiger partial charge on any atom is -0.358 e. The summed E-state index contributed by atoms with van der Waals surface area (Å²) in [5.74, 6) is 0. The Bertz CT molecular complexity index is 1100. The van der Waals surface area contributed by atoms with Gasteiger partial charge in [-0.2, -0.15) is 0 Å². The number of H-pyrrole nitrogens is 1. The van der Waals surface area contributed by atoms with Crippen LogP contribution in [0.15, 0.2) is 79.1 Å². The number of aryl methyl sites for hydroxylation is 1. The van der Waals surface area contributed by atoms with Gasteiger partial charge in [-0.1, -0.05) is 48.5 Å². The topological polar surface area (TPSA) is 35.2 Å². The van der Waals surface area contributed by atoms with Gasteiger partial charge in [-0.15, -0.1) is 0 Å². The van der Waals surface area contributed by atoms with Crippen molar-refractivity contribution in [2.75, 3.05) is 26.2 Å². The van der Waals surface area contributed by atoms with E-state index in [4.69, 9.17) is 0 Å². The van der Waals surface area contributed by atoms with Crippen LogP contribution in [0, 0.1) is 6.92 Å². The number of hydrogen-bond acceptors (Lipinski definition) is 3. The van der Waals surface area contributed by atoms with Crippen molar-refractivity contribution in [3.05, 3.63) is 102 Å². The van der Waals surface area contributed by atoms with Gasteiger partial charge >= 0.3 is 0 Å². The Morgan fingerprint density at radius 1 is 0.867 bits per heavy atom. The monoisotopic (exact) mass is 396 g/mol. The zero-order valence-electron chi connectivity index (χ0n) is 17.5. The number of aromatic amines is 1. The first-order chi connectivity index (χ1) is 14.8. The van der Waals surface area contributed by atoms with Gasteiger partial charge in [-0.05, 0) is 36.2 Å². The summed E-state index contributed by atoms with van der Waals surface area (Å²) in [7, 11) is 0. The van der Waals surface area contributed by atoms with Crippen LogP contribution in [0.4, 0.5) is 0 Å². The van der Waals surface area contributed by atoms with Gasteiger partial charge in [0.25, 0.3) is 0 Å². The van der Waals surface area contributed by atoms with E-state index in [9.17, 15) is 0 Å². The Morgan fingerprint density at radius 3 is 2.33 bits per heavy atom. The minimum atomic E-state index is 0.239. The molecule has 3 heterocycles. The molecule has 1 aliphatic heterocycles. The van der Waals surface area contributed by atoms with Crippen molar-refractivity contribution < 1.29 is 0 Å². The van der Waals surface area contributed by atoms with Crippen LogP contribution in [0.1, 0.15) is 28.4 Å². The Balaban J connectivity index is 1.43. The van der Waals surface area contributed by atoms with Crippen LogP contribution < -0.4 is 0 Å². The van der Waals surface area contributed by atoms with Crippen LogP contribution in [-0.4, -0.2) is 45.9 Å². The second-order valence-corrected chi connectivity index (χ2v) is 8.19. The van der Waals surface area contributed by atoms with Gasteiger partial charge in [0, 0.05) is 67.3 Å². The van der Waals surface area contributed by atoms with Gasteiger partial charge in [0.1, 0.15) is 0 Å². The van der Waals surface area contributed by atoms with Gasteiger partial charge in [0.05, 0.1) is 6.04 Å². The Hall–Kier alpha value is -2.95. The molecule has 0 amide bonds. The number of para-hydroxylation sites is 1. The summed E-state index contributed by atoms with van der Waals surface area (Å²) < 4.78 is 0. The molecule has 0 bridgehead atoms. The van der Waals surface area contributed by atoms with E-state index in [-0.39, 0.29) is 6.04 Å². The first kappa shape index (κ1) is 19.0. The van der Waals surface area contributed by atoms with E-state index in [1.807, 2.05) is 12.4 Å². The number of piperazine rings is 1. The van der Waals surface area contributed by atoms with Gasteiger partial charge in [-0.3, -0.25) is 14.8 Å². The molecule has 0 radical (unpaired) electrons. The van der Waals surface area contributed by atoms with E-state index >= 15 is 0 Å². The lowest BCUT2D eigenvalue weighted by Gasteiger charge is -2.40. The van der Waals surface area contributed by atoms with E-state index in [0.717, 1.165) is 32.7 Å². The molecule has 1 N–H and O–H groups in total. The maximum Gasteiger partial charge on any atom is 0.0627 e. The van der Waals surface area contributed by atoms with E-state index in [0.29, 0.717) is 0 Å². The van der Waals surface area contributed by atoms with Gasteiger partial charge in [0.2, 0.25) is 0 Å². The second kappa shape index (κ2) is 8.42. The number of nitrogens with zero attached hydrogens (tertiary/aromatic N) is 3. The number of pyridine rings is 1. The van der Waals surface area contributed by atoms with Crippen molar-refractivity contribution in [3.63, 3.8) is 0 Å². The molecule has 5 rings (SSSR count). The maximum absolute atomic E-state index is 4.26. The predicted octanol–water partition coefficient (Wildman–Crippen LogP) is 4.78. The average Bonchev–Trinajstić information content (AvgIpc) is 3.12. The summed E-state index contributed by atoms with van der Waals surface area (Å²) in [6, 6.07) is 24.0. The van der Waals surface area contributed by atoms with Crippen molar-refractivity contribution in [1.29, 1.82) is 0 Å². The quantitative estimate of drug-likeness (QED) is 0.527. The van der Waals surface area contributed by atoms with Crippen LogP contribution in [0.5, 0.6) is 0 Å². The van der Waals surface area contributed by atoms with E-state index in [1.165, 1.54) is 33.3 Å². The summed E-state index contributed by atoms with van der Waals surface area (Å²) in [4.78, 5) is 13.1. The molecule has 4 aromatic rings. The number of benzene rings is 2. The molecular weight excluding hydrogens is 368 g/mol. The van der Waals surface area contributed by atoms with Gasteiger partial charge < -0.3 is 4.98 Å². The normalized spacial score (nSPS) is 16.7. The summed E-state index contributed by atoms with van der Waals surface area (Å²) in [6.07, 6.45) is 3.83. The number of nitrogens with one attached hydrogen (secondary N) is 1. The van der Waals surface area contributed by atoms with Gasteiger partial charge in [0.15, 0.2) is 0 Å². The molecule has 2 aromatic heterocycles. The number of rotatable bonds is 5. The van der Waals surface area contributed by atoms with Gasteiger partial charge in [-0.25, -0.2) is 0 Å². The summed E-state index contributed by atoms with van der Waals surface area (Å²) in [5.41, 5.74) is 6.57. The van der Waals surface area contributed by atoms with Crippen LogP contribution in [-0.2, 0) is 6.54 Å². The smallest absolute Gasteiger partial charge is 0.0627 e. The van der Waals surface area contributed by atoms with Crippen LogP contribution in [0.25, 0.3) is 10.9 Å². The summed E-state index contributed by atoms with van der Waals surface area (Å²) in [5, 5.41) is 1.32. The molecule has 30 heavy (non-hydrogen) atoms. The largest absolute Gasteiger partial charge is 0.358 e. The molecule has 1 saturated heterocycles. The third-order valence-electron chi connectivity index (χ3n) is 6.26. The fraction of sp³-hybridized carbons (Fsp3) is 0.269. The van der Waals surface area contributed by atoms with Crippen LogP contribution in [0.2, 0.25) is 0 Å². The summed E-state index contributed by atoms with van der Waals surface area (Å²) in [6.45, 7) is 7.50. The molecule has 4 nitrogen and oxygen atoms in total. The SMILES string of the molecule is Cc1[nH]c2ccccc2c1[C@H](c1ccncc1)N1CCN(Cc2ccccc2)CC1. The fourth-order valence-electron chi connectivity index (χ4n) is 4.78. The van der Waals surface area contributed by atoms with E-state index in [1.54, 1.807) is 0 Å². The molecule has 1 atom stereocenters. The van der Waals surface area contributed by atoms with Crippen molar-refractivity contribution in [3.8, 4) is 0 Å². The second-order valence-electron chi connectivity index (χ2n) is 8.19. The molecular formula is C26H28N4. The molecule has 0 aliphatic carbocycles.